The summed E-state index contributed by atoms with van der Waals surface area (Å²) in [5.74, 6) is 0. The lowest BCUT2D eigenvalue weighted by Gasteiger charge is -2.51. The number of ether oxygens (including phenoxy) is 5. The SMILES string of the molecule is CN[C@@H]1[C@H](O[C@H]2O[C@H](CO)[C@@H](N)[C@H](O)[C@H]2O)O[C@H]2C[C@@H](N)[C@H](O[C@@H]3[C@H](O)[C@@H](O)[C@H](N)C[C@@H]3N)O[C@@H]2[C@@H]1O. The first-order chi connectivity index (χ1) is 17.5. The molecule has 1 saturated carbocycles. The number of hydrogen-bond donors (Lipinski definition) is 11. The van der Waals surface area contributed by atoms with Crippen LogP contribution in [0.15, 0.2) is 0 Å². The van der Waals surface area contributed by atoms with E-state index in [9.17, 15) is 30.6 Å². The van der Waals surface area contributed by atoms with Gasteiger partial charge in [-0.05, 0) is 19.9 Å². The van der Waals surface area contributed by atoms with Crippen molar-refractivity contribution in [2.24, 2.45) is 22.9 Å². The van der Waals surface area contributed by atoms with Crippen molar-refractivity contribution >= 4 is 0 Å². The molecule has 0 radical (unpaired) electrons. The minimum atomic E-state index is -1.54. The van der Waals surface area contributed by atoms with E-state index >= 15 is 0 Å². The van der Waals surface area contributed by atoms with E-state index < -0.39 is 111 Å². The first-order valence-corrected chi connectivity index (χ1v) is 12.5. The molecule has 17 atom stereocenters. The van der Waals surface area contributed by atoms with Crippen LogP contribution in [0.5, 0.6) is 0 Å². The van der Waals surface area contributed by atoms with E-state index in [1.165, 1.54) is 0 Å². The second-order valence-corrected chi connectivity index (χ2v) is 10.3. The van der Waals surface area contributed by atoms with Crippen LogP contribution in [0.3, 0.4) is 0 Å². The van der Waals surface area contributed by atoms with Crippen molar-refractivity contribution in [2.75, 3.05) is 13.7 Å². The van der Waals surface area contributed by atoms with Gasteiger partial charge in [-0.15, -0.1) is 0 Å². The van der Waals surface area contributed by atoms with Crippen LogP contribution in [0.2, 0.25) is 0 Å². The zero-order valence-corrected chi connectivity index (χ0v) is 20.5. The topological polar surface area (TPSA) is 284 Å². The van der Waals surface area contributed by atoms with Crippen molar-refractivity contribution in [1.82, 2.24) is 5.32 Å². The van der Waals surface area contributed by atoms with Crippen molar-refractivity contribution in [1.29, 1.82) is 0 Å². The van der Waals surface area contributed by atoms with Crippen LogP contribution in [0.1, 0.15) is 12.8 Å². The summed E-state index contributed by atoms with van der Waals surface area (Å²) in [6, 6.07) is -4.05. The summed E-state index contributed by atoms with van der Waals surface area (Å²) in [6.07, 6.45) is -13.7. The van der Waals surface area contributed by atoms with Gasteiger partial charge in [-0.3, -0.25) is 0 Å². The van der Waals surface area contributed by atoms with Crippen molar-refractivity contribution in [3.63, 3.8) is 0 Å². The molecule has 4 aliphatic rings. The Morgan fingerprint density at radius 3 is 2.08 bits per heavy atom. The van der Waals surface area contributed by atoms with Gasteiger partial charge in [-0.1, -0.05) is 0 Å². The number of nitrogens with one attached hydrogen (secondary N) is 1. The molecule has 0 spiro atoms. The quantitative estimate of drug-likeness (QED) is 0.149. The smallest absolute Gasteiger partial charge is 0.189 e. The van der Waals surface area contributed by atoms with E-state index in [0.717, 1.165) is 0 Å². The van der Waals surface area contributed by atoms with Gasteiger partial charge in [0.05, 0.1) is 36.9 Å². The largest absolute Gasteiger partial charge is 0.394 e. The molecule has 0 unspecified atom stereocenters. The normalized spacial score (nSPS) is 55.1. The van der Waals surface area contributed by atoms with Crippen molar-refractivity contribution in [2.45, 2.75) is 117 Å². The van der Waals surface area contributed by atoms with Crippen molar-refractivity contribution in [3.05, 3.63) is 0 Å². The lowest BCUT2D eigenvalue weighted by molar-refractivity contribution is -0.373. The summed E-state index contributed by atoms with van der Waals surface area (Å²) in [5, 5.41) is 64.7. The molecule has 4 fully saturated rings. The zero-order valence-electron chi connectivity index (χ0n) is 20.5. The molecule has 3 heterocycles. The number of nitrogens with two attached hydrogens (primary N) is 4. The van der Waals surface area contributed by atoms with Crippen LogP contribution < -0.4 is 28.3 Å². The number of aliphatic hydroxyl groups is 6. The fourth-order valence-corrected chi connectivity index (χ4v) is 5.46. The molecular weight excluding hydrogens is 498 g/mol. The van der Waals surface area contributed by atoms with E-state index in [1.54, 1.807) is 7.05 Å². The molecule has 3 aliphatic heterocycles. The number of hydrogen-bond acceptors (Lipinski definition) is 16. The maximum Gasteiger partial charge on any atom is 0.189 e. The lowest BCUT2D eigenvalue weighted by Crippen LogP contribution is -2.70. The van der Waals surface area contributed by atoms with E-state index in [1.807, 2.05) is 0 Å². The molecule has 0 aromatic heterocycles. The molecule has 0 aromatic rings. The predicted octanol–water partition coefficient (Wildman–Crippen LogP) is -6.95. The van der Waals surface area contributed by atoms with E-state index in [0.29, 0.717) is 0 Å². The van der Waals surface area contributed by atoms with Gasteiger partial charge in [0.1, 0.15) is 42.7 Å². The third kappa shape index (κ3) is 5.66. The van der Waals surface area contributed by atoms with Crippen LogP contribution >= 0.6 is 0 Å². The molecule has 0 amide bonds. The maximum absolute atomic E-state index is 11.1. The van der Waals surface area contributed by atoms with Crippen LogP contribution in [0.25, 0.3) is 0 Å². The number of fused-ring (bicyclic) bond motifs is 1. The number of likely N-dealkylation sites (N-methyl/N-ethyl adjacent to an activating group) is 1. The molecule has 0 bridgehead atoms. The summed E-state index contributed by atoms with van der Waals surface area (Å²) in [5.41, 5.74) is 24.0. The van der Waals surface area contributed by atoms with Gasteiger partial charge >= 0.3 is 0 Å². The van der Waals surface area contributed by atoms with Gasteiger partial charge in [0, 0.05) is 12.1 Å². The molecule has 15 N–H and O–H groups in total. The Hall–Kier alpha value is -0.640. The first kappa shape index (κ1) is 29.3. The van der Waals surface area contributed by atoms with E-state index in [2.05, 4.69) is 5.32 Å². The van der Waals surface area contributed by atoms with E-state index in [4.69, 9.17) is 46.6 Å². The highest BCUT2D eigenvalue weighted by Crippen LogP contribution is 2.35. The van der Waals surface area contributed by atoms with Crippen LogP contribution in [0.4, 0.5) is 0 Å². The Labute approximate surface area is 213 Å². The molecule has 3 saturated heterocycles. The number of rotatable bonds is 6. The van der Waals surface area contributed by atoms with Gasteiger partial charge in [-0.25, -0.2) is 0 Å². The molecular formula is C21H41N5O11. The average molecular weight is 540 g/mol. The van der Waals surface area contributed by atoms with Gasteiger partial charge in [0.25, 0.3) is 0 Å². The summed E-state index contributed by atoms with van der Waals surface area (Å²) in [6.45, 7) is -0.508. The minimum absolute atomic E-state index is 0.156. The molecule has 0 aromatic carbocycles. The fraction of sp³-hybridized carbons (Fsp3) is 1.00. The molecule has 16 nitrogen and oxygen atoms in total. The number of aliphatic hydroxyl groups excluding tert-OH is 6. The molecule has 216 valence electrons. The molecule has 4 rings (SSSR count). The highest BCUT2D eigenvalue weighted by atomic mass is 16.8. The summed E-state index contributed by atoms with van der Waals surface area (Å²) in [4.78, 5) is 0. The monoisotopic (exact) mass is 539 g/mol. The standard InChI is InChI=1S/C21H41N5O11/c1-26-11-14(30)18-8(33-20(11)37-21-16(32)13(29)10(25)9(4-27)34-21)3-7(24)19(36-18)35-17-6(23)2-5(22)12(28)15(17)31/h5-21,26-32H,2-4,22-25H2,1H3/t5-,6+,7-,8+,9-,10-,11+,12+,13+,14-,15-,16-,17+,18+,19-,20+,21-/m1/s1. The first-order valence-electron chi connectivity index (χ1n) is 12.5. The summed E-state index contributed by atoms with van der Waals surface area (Å²) >= 11 is 0. The van der Waals surface area contributed by atoms with Crippen LogP contribution in [-0.2, 0) is 23.7 Å². The Bertz CT molecular complexity index is 756. The van der Waals surface area contributed by atoms with Crippen molar-refractivity contribution < 1.29 is 54.3 Å². The van der Waals surface area contributed by atoms with Crippen molar-refractivity contribution in [3.8, 4) is 0 Å². The third-order valence-electron chi connectivity index (χ3n) is 7.74. The lowest BCUT2D eigenvalue weighted by atomic mass is 9.84. The second-order valence-electron chi connectivity index (χ2n) is 10.3. The molecule has 37 heavy (non-hydrogen) atoms. The van der Waals surface area contributed by atoms with Gasteiger partial charge in [0.15, 0.2) is 18.9 Å². The highest BCUT2D eigenvalue weighted by molar-refractivity contribution is 5.01. The minimum Gasteiger partial charge on any atom is -0.394 e. The Kier molecular flexibility index (Phi) is 9.40. The second kappa shape index (κ2) is 11.8. The Morgan fingerprint density at radius 1 is 0.730 bits per heavy atom. The Balaban J connectivity index is 1.43. The Morgan fingerprint density at radius 2 is 1.43 bits per heavy atom. The van der Waals surface area contributed by atoms with Gasteiger partial charge in [-0.2, -0.15) is 0 Å². The van der Waals surface area contributed by atoms with Gasteiger partial charge in [0.2, 0.25) is 0 Å². The summed E-state index contributed by atoms with van der Waals surface area (Å²) in [7, 11) is 1.55. The third-order valence-corrected chi connectivity index (χ3v) is 7.74. The predicted molar refractivity (Wildman–Crippen MR) is 123 cm³/mol. The fourth-order valence-electron chi connectivity index (χ4n) is 5.46. The van der Waals surface area contributed by atoms with E-state index in [-0.39, 0.29) is 12.8 Å². The highest BCUT2D eigenvalue weighted by Gasteiger charge is 2.54. The summed E-state index contributed by atoms with van der Waals surface area (Å²) < 4.78 is 29.2. The van der Waals surface area contributed by atoms with Crippen LogP contribution in [0, 0.1) is 0 Å². The zero-order chi connectivity index (χ0) is 27.2. The van der Waals surface area contributed by atoms with Gasteiger partial charge < -0.3 is 82.6 Å². The maximum atomic E-state index is 11.1. The molecule has 1 aliphatic carbocycles. The van der Waals surface area contributed by atoms with Crippen LogP contribution in [-0.4, -0.2) is 148 Å². The average Bonchev–Trinajstić information content (AvgIpc) is 2.86. The molecule has 16 heteroatoms.